The zero-order valence-corrected chi connectivity index (χ0v) is 20.0. The van der Waals surface area contributed by atoms with Crippen molar-refractivity contribution in [3.8, 4) is 12.1 Å². The summed E-state index contributed by atoms with van der Waals surface area (Å²) in [6.45, 7) is 6.89. The summed E-state index contributed by atoms with van der Waals surface area (Å²) in [5.74, 6) is 0.0872. The van der Waals surface area contributed by atoms with Crippen molar-refractivity contribution in [2.24, 2.45) is 4.99 Å². The normalized spacial score (nSPS) is 20.3. The van der Waals surface area contributed by atoms with Gasteiger partial charge in [0.15, 0.2) is 0 Å². The van der Waals surface area contributed by atoms with Crippen LogP contribution in [-0.2, 0) is 0 Å². The number of benzene rings is 1. The minimum Gasteiger partial charge on any atom is -0.507 e. The van der Waals surface area contributed by atoms with E-state index in [4.69, 9.17) is 0 Å². The van der Waals surface area contributed by atoms with E-state index in [0.29, 0.717) is 22.4 Å². The van der Waals surface area contributed by atoms with Crippen LogP contribution in [0.25, 0.3) is 0 Å². The van der Waals surface area contributed by atoms with Gasteiger partial charge in [-0.25, -0.2) is 0 Å². The summed E-state index contributed by atoms with van der Waals surface area (Å²) in [6, 6.07) is 12.3. The summed E-state index contributed by atoms with van der Waals surface area (Å²) in [7, 11) is 0. The third-order valence-corrected chi connectivity index (χ3v) is 7.06. The van der Waals surface area contributed by atoms with Crippen LogP contribution in [0, 0.1) is 22.7 Å². The first-order chi connectivity index (χ1) is 16.0. The van der Waals surface area contributed by atoms with Gasteiger partial charge in [0, 0.05) is 28.3 Å². The lowest BCUT2D eigenvalue weighted by atomic mass is 9.78. The van der Waals surface area contributed by atoms with Crippen LogP contribution in [-0.4, -0.2) is 17.4 Å². The van der Waals surface area contributed by atoms with Gasteiger partial charge in [-0.3, -0.25) is 4.99 Å². The van der Waals surface area contributed by atoms with Crippen molar-refractivity contribution in [2.45, 2.75) is 51.3 Å². The maximum atomic E-state index is 11.1. The van der Waals surface area contributed by atoms with Crippen molar-refractivity contribution in [2.75, 3.05) is 11.4 Å². The van der Waals surface area contributed by atoms with E-state index in [0.717, 1.165) is 35.0 Å². The molecule has 0 saturated carbocycles. The fourth-order valence-electron chi connectivity index (χ4n) is 4.35. The van der Waals surface area contributed by atoms with Crippen molar-refractivity contribution in [1.82, 2.24) is 0 Å². The summed E-state index contributed by atoms with van der Waals surface area (Å²) in [4.78, 5) is 7.98. The molecule has 0 aromatic heterocycles. The lowest BCUT2D eigenvalue weighted by Crippen LogP contribution is -2.21. The number of unbranched alkanes of at least 4 members (excludes halogenated alkanes) is 3. The number of thioether (sulfide) groups is 1. The molecule has 0 saturated heterocycles. The molecule has 1 aromatic carbocycles. The van der Waals surface area contributed by atoms with Crippen LogP contribution in [0.4, 0.5) is 5.69 Å². The Hall–Kier alpha value is -3.48. The molecular formula is C27H26N4OS. The molecule has 0 bridgehead atoms. The minimum absolute atomic E-state index is 0.00953. The number of aliphatic hydroxyl groups excluding tert-OH is 1. The molecule has 4 rings (SSSR count). The highest BCUT2D eigenvalue weighted by atomic mass is 32.2. The van der Waals surface area contributed by atoms with Crippen LogP contribution in [0.5, 0.6) is 0 Å². The van der Waals surface area contributed by atoms with E-state index < -0.39 is 0 Å². The number of para-hydroxylation sites is 1. The van der Waals surface area contributed by atoms with Gasteiger partial charge in [-0.15, -0.1) is 0 Å². The number of aliphatic hydroxyl groups is 1. The van der Waals surface area contributed by atoms with E-state index in [-0.39, 0.29) is 11.3 Å². The molecule has 0 atom stereocenters. The van der Waals surface area contributed by atoms with Gasteiger partial charge < -0.3 is 10.0 Å². The number of hydrogen-bond acceptors (Lipinski definition) is 6. The van der Waals surface area contributed by atoms with Crippen LogP contribution >= 0.6 is 11.8 Å². The van der Waals surface area contributed by atoms with Gasteiger partial charge in [-0.1, -0.05) is 50.1 Å². The third-order valence-electron chi connectivity index (χ3n) is 5.95. The van der Waals surface area contributed by atoms with E-state index in [1.54, 1.807) is 11.8 Å². The molecule has 3 aliphatic rings. The van der Waals surface area contributed by atoms with E-state index in [2.05, 4.69) is 28.9 Å². The second kappa shape index (κ2) is 9.57. The number of fused-ring (bicyclic) bond motifs is 1. The maximum Gasteiger partial charge on any atom is 0.138 e. The van der Waals surface area contributed by atoms with Crippen LogP contribution in [0.1, 0.15) is 46.5 Å². The fourth-order valence-corrected chi connectivity index (χ4v) is 5.49. The molecule has 0 fully saturated rings. The summed E-state index contributed by atoms with van der Waals surface area (Å²) < 4.78 is 0. The zero-order valence-electron chi connectivity index (χ0n) is 19.1. The monoisotopic (exact) mass is 454 g/mol. The largest absolute Gasteiger partial charge is 0.507 e. The molecule has 2 heterocycles. The molecule has 6 heteroatoms. The number of nitrogens with zero attached hydrogens (tertiary/aromatic N) is 4. The molecule has 2 aliphatic heterocycles. The number of nitriles is 2. The Morgan fingerprint density at radius 3 is 2.58 bits per heavy atom. The smallest absolute Gasteiger partial charge is 0.138 e. The summed E-state index contributed by atoms with van der Waals surface area (Å²) in [6.07, 6.45) is 8.47. The first-order valence-corrected chi connectivity index (χ1v) is 12.0. The Balaban J connectivity index is 1.79. The highest BCUT2D eigenvalue weighted by Gasteiger charge is 2.37. The van der Waals surface area contributed by atoms with E-state index >= 15 is 0 Å². The number of allylic oxidation sites excluding steroid dienone is 6. The average Bonchev–Trinajstić information content (AvgIpc) is 3.33. The van der Waals surface area contributed by atoms with Crippen LogP contribution in [0.2, 0.25) is 0 Å². The van der Waals surface area contributed by atoms with Crippen molar-refractivity contribution in [1.29, 1.82) is 10.5 Å². The Labute approximate surface area is 199 Å². The second-order valence-electron chi connectivity index (χ2n) is 8.30. The first-order valence-electron chi connectivity index (χ1n) is 11.2. The van der Waals surface area contributed by atoms with Crippen LogP contribution < -0.4 is 4.90 Å². The molecule has 166 valence electrons. The van der Waals surface area contributed by atoms with Gasteiger partial charge in [-0.05, 0) is 50.1 Å². The number of rotatable bonds is 6. The molecule has 33 heavy (non-hydrogen) atoms. The average molecular weight is 455 g/mol. The van der Waals surface area contributed by atoms with Crippen molar-refractivity contribution in [3.63, 3.8) is 0 Å². The summed E-state index contributed by atoms with van der Waals surface area (Å²) >= 11 is 1.65. The number of anilines is 1. The molecule has 0 unspecified atom stereocenters. The van der Waals surface area contributed by atoms with E-state index in [1.165, 1.54) is 24.2 Å². The Bertz CT molecular complexity index is 1260. The van der Waals surface area contributed by atoms with Crippen molar-refractivity contribution < 1.29 is 5.11 Å². The first kappa shape index (κ1) is 22.7. The van der Waals surface area contributed by atoms with Gasteiger partial charge in [0.1, 0.15) is 23.5 Å². The van der Waals surface area contributed by atoms with Gasteiger partial charge >= 0.3 is 0 Å². The third kappa shape index (κ3) is 4.15. The lowest BCUT2D eigenvalue weighted by molar-refractivity contribution is 0.409. The highest BCUT2D eigenvalue weighted by Crippen LogP contribution is 2.50. The van der Waals surface area contributed by atoms with Gasteiger partial charge in [0.05, 0.1) is 22.0 Å². The van der Waals surface area contributed by atoms with Crippen molar-refractivity contribution in [3.05, 3.63) is 80.8 Å². The molecule has 1 aromatic rings. The topological polar surface area (TPSA) is 83.4 Å². The Morgan fingerprint density at radius 2 is 1.91 bits per heavy atom. The van der Waals surface area contributed by atoms with E-state index in [1.807, 2.05) is 50.3 Å². The van der Waals surface area contributed by atoms with Gasteiger partial charge in [0.2, 0.25) is 0 Å². The second-order valence-corrected chi connectivity index (χ2v) is 9.37. The molecule has 0 spiro atoms. The Morgan fingerprint density at radius 1 is 1.15 bits per heavy atom. The predicted octanol–water partition coefficient (Wildman–Crippen LogP) is 6.86. The van der Waals surface area contributed by atoms with Crippen LogP contribution in [0.15, 0.2) is 90.7 Å². The van der Waals surface area contributed by atoms with Gasteiger partial charge in [-0.2, -0.15) is 10.5 Å². The zero-order chi connectivity index (χ0) is 23.5. The lowest BCUT2D eigenvalue weighted by Gasteiger charge is -2.28. The molecular weight excluding hydrogens is 428 g/mol. The molecule has 1 aliphatic carbocycles. The Kier molecular flexibility index (Phi) is 6.58. The van der Waals surface area contributed by atoms with Crippen molar-refractivity contribution >= 4 is 23.2 Å². The van der Waals surface area contributed by atoms with Crippen LogP contribution in [0.3, 0.4) is 0 Å². The SMILES string of the molecule is CCCCCCN1/C(=C/C2=C(O)C(=C3\N=C(C)C=C3C)/C2=C(C#N)C#N)Sc2ccccc21. The molecule has 5 nitrogen and oxygen atoms in total. The molecule has 1 N–H and O–H groups in total. The molecule has 0 radical (unpaired) electrons. The number of aliphatic imine (C=N–C) groups is 1. The predicted molar refractivity (Wildman–Crippen MR) is 134 cm³/mol. The standard InChI is InChI=1S/C27H26N4OS/c1-4-5-6-9-12-31-21-10-7-8-11-22(21)33-23(31)14-20-24(19(15-28)16-29)25(27(20)32)26-17(2)13-18(3)30-26/h7-8,10-11,13-14,32H,4-6,9,12H2,1-3H3/b23-14-,26-25-. The highest BCUT2D eigenvalue weighted by molar-refractivity contribution is 8.03. The quantitative estimate of drug-likeness (QED) is 0.375. The minimum atomic E-state index is -0.00953. The van der Waals surface area contributed by atoms with Gasteiger partial charge in [0.25, 0.3) is 0 Å². The summed E-state index contributed by atoms with van der Waals surface area (Å²) in [5.41, 5.74) is 5.02. The molecule has 0 amide bonds. The summed E-state index contributed by atoms with van der Waals surface area (Å²) in [5, 5.41) is 31.3. The fraction of sp³-hybridized carbons (Fsp3) is 0.296. The number of hydrogen-bond donors (Lipinski definition) is 1. The maximum absolute atomic E-state index is 11.1. The van der Waals surface area contributed by atoms with E-state index in [9.17, 15) is 15.6 Å².